The Bertz CT molecular complexity index is 989. The molecule has 0 saturated carbocycles. The number of carbonyl (C=O) groups excluding carboxylic acids is 1. The quantitative estimate of drug-likeness (QED) is 0.345. The molecule has 144 valence electrons. The number of methoxy groups -OCH3 is 1. The third-order valence-electron chi connectivity index (χ3n) is 4.12. The number of hydrogen-bond acceptors (Lipinski definition) is 6. The van der Waals surface area contributed by atoms with E-state index in [-0.39, 0.29) is 18.2 Å². The van der Waals surface area contributed by atoms with Gasteiger partial charge in [0, 0.05) is 18.7 Å². The summed E-state index contributed by atoms with van der Waals surface area (Å²) in [6.45, 7) is 0.140. The number of nitrogens with one attached hydrogen (secondary N) is 1. The molecule has 0 aromatic heterocycles. The van der Waals surface area contributed by atoms with Crippen LogP contribution in [-0.4, -0.2) is 35.0 Å². The molecule has 2 aromatic rings. The van der Waals surface area contributed by atoms with Gasteiger partial charge in [-0.3, -0.25) is 19.8 Å². The van der Waals surface area contributed by atoms with E-state index in [1.54, 1.807) is 44.5 Å². The second-order valence-corrected chi connectivity index (χ2v) is 6.35. The van der Waals surface area contributed by atoms with Gasteiger partial charge in [-0.2, -0.15) is 0 Å². The van der Waals surface area contributed by atoms with Gasteiger partial charge in [0.2, 0.25) is 0 Å². The molecule has 3 rings (SSSR count). The van der Waals surface area contributed by atoms with Crippen LogP contribution >= 0.6 is 12.2 Å². The molecule has 1 amide bonds. The smallest absolute Gasteiger partial charge is 0.276 e. The molecule has 1 aliphatic heterocycles. The van der Waals surface area contributed by atoms with Crippen molar-refractivity contribution in [3.05, 3.63) is 69.4 Å². The van der Waals surface area contributed by atoms with Crippen molar-refractivity contribution in [3.8, 4) is 11.5 Å². The molecule has 28 heavy (non-hydrogen) atoms. The van der Waals surface area contributed by atoms with Gasteiger partial charge < -0.3 is 14.8 Å². The van der Waals surface area contributed by atoms with Crippen molar-refractivity contribution >= 4 is 35.0 Å². The van der Waals surface area contributed by atoms with E-state index in [0.29, 0.717) is 22.3 Å². The van der Waals surface area contributed by atoms with Crippen LogP contribution in [0.25, 0.3) is 6.08 Å². The van der Waals surface area contributed by atoms with Crippen LogP contribution in [0.1, 0.15) is 11.1 Å². The van der Waals surface area contributed by atoms with Gasteiger partial charge >= 0.3 is 0 Å². The lowest BCUT2D eigenvalue weighted by molar-refractivity contribution is -0.384. The first kappa shape index (κ1) is 19.3. The number of thiocarbonyl (C=S) groups is 1. The van der Waals surface area contributed by atoms with E-state index in [1.807, 2.05) is 6.07 Å². The Morgan fingerprint density at radius 3 is 2.71 bits per heavy atom. The zero-order valence-corrected chi connectivity index (χ0v) is 16.0. The molecule has 0 spiro atoms. The van der Waals surface area contributed by atoms with Crippen LogP contribution < -0.4 is 14.8 Å². The molecule has 0 radical (unpaired) electrons. The molecule has 1 heterocycles. The number of amides is 1. The van der Waals surface area contributed by atoms with Crippen molar-refractivity contribution in [2.24, 2.45) is 0 Å². The fourth-order valence-corrected chi connectivity index (χ4v) is 2.83. The summed E-state index contributed by atoms with van der Waals surface area (Å²) in [5.74, 6) is 0.765. The number of nitro groups is 1. The molecule has 9 heteroatoms. The maximum Gasteiger partial charge on any atom is 0.276 e. The van der Waals surface area contributed by atoms with Crippen molar-refractivity contribution in [2.75, 3.05) is 14.2 Å². The van der Waals surface area contributed by atoms with Crippen LogP contribution in [0.15, 0.2) is 48.2 Å². The van der Waals surface area contributed by atoms with Gasteiger partial charge in [0.05, 0.1) is 18.1 Å². The summed E-state index contributed by atoms with van der Waals surface area (Å²) in [4.78, 5) is 23.9. The van der Waals surface area contributed by atoms with Crippen LogP contribution in [0.4, 0.5) is 5.69 Å². The standard InChI is InChI=1S/C19H17N3O5S/c1-21-18(23)16(20-19(21)28)9-12-6-7-17(26-2)13(8-12)11-27-15-5-3-4-14(10-15)22(24)25/h3-10H,11H2,1-2H3,(H,20,28)/b16-9+. The summed E-state index contributed by atoms with van der Waals surface area (Å²) < 4.78 is 11.0. The van der Waals surface area contributed by atoms with Crippen molar-refractivity contribution in [2.45, 2.75) is 6.61 Å². The summed E-state index contributed by atoms with van der Waals surface area (Å²) in [5.41, 5.74) is 1.81. The van der Waals surface area contributed by atoms with E-state index >= 15 is 0 Å². The van der Waals surface area contributed by atoms with E-state index in [9.17, 15) is 14.9 Å². The first-order chi connectivity index (χ1) is 13.4. The van der Waals surface area contributed by atoms with Crippen LogP contribution in [0.5, 0.6) is 11.5 Å². The fourth-order valence-electron chi connectivity index (χ4n) is 2.64. The Morgan fingerprint density at radius 1 is 1.29 bits per heavy atom. The summed E-state index contributed by atoms with van der Waals surface area (Å²) in [6, 6.07) is 11.3. The molecule has 1 N–H and O–H groups in total. The molecule has 2 aromatic carbocycles. The number of carbonyl (C=O) groups is 1. The fraction of sp³-hybridized carbons (Fsp3) is 0.158. The molecular formula is C19H17N3O5S. The molecular weight excluding hydrogens is 382 g/mol. The molecule has 0 atom stereocenters. The Morgan fingerprint density at radius 2 is 2.07 bits per heavy atom. The van der Waals surface area contributed by atoms with Crippen LogP contribution in [0, 0.1) is 10.1 Å². The average Bonchev–Trinajstić information content (AvgIpc) is 2.93. The maximum atomic E-state index is 12.1. The minimum atomic E-state index is -0.479. The van der Waals surface area contributed by atoms with Gasteiger partial charge in [-0.25, -0.2) is 0 Å². The second-order valence-electron chi connectivity index (χ2n) is 5.97. The van der Waals surface area contributed by atoms with E-state index in [0.717, 1.165) is 11.1 Å². The summed E-state index contributed by atoms with van der Waals surface area (Å²) in [6.07, 6.45) is 1.69. The molecule has 0 bridgehead atoms. The third-order valence-corrected chi connectivity index (χ3v) is 4.50. The highest BCUT2D eigenvalue weighted by Crippen LogP contribution is 2.25. The monoisotopic (exact) mass is 399 g/mol. The van der Waals surface area contributed by atoms with E-state index in [4.69, 9.17) is 21.7 Å². The number of likely N-dealkylation sites (N-methyl/N-ethyl adjacent to an activating group) is 1. The lowest BCUT2D eigenvalue weighted by atomic mass is 10.1. The maximum absolute atomic E-state index is 12.1. The second kappa shape index (κ2) is 8.05. The predicted molar refractivity (Wildman–Crippen MR) is 107 cm³/mol. The SMILES string of the molecule is COc1ccc(/C=C2/NC(=S)N(C)C2=O)cc1COc1cccc([N+](=O)[O-])c1. The molecule has 1 fully saturated rings. The van der Waals surface area contributed by atoms with Gasteiger partial charge in [0.1, 0.15) is 23.8 Å². The number of nitrogens with zero attached hydrogens (tertiary/aromatic N) is 2. The average molecular weight is 399 g/mol. The van der Waals surface area contributed by atoms with E-state index in [2.05, 4.69) is 5.32 Å². The highest BCUT2D eigenvalue weighted by atomic mass is 32.1. The minimum absolute atomic E-state index is 0.0474. The van der Waals surface area contributed by atoms with Crippen molar-refractivity contribution in [1.82, 2.24) is 10.2 Å². The molecule has 8 nitrogen and oxygen atoms in total. The molecule has 1 saturated heterocycles. The normalized spacial score (nSPS) is 14.9. The van der Waals surface area contributed by atoms with Crippen LogP contribution in [-0.2, 0) is 11.4 Å². The highest BCUT2D eigenvalue weighted by molar-refractivity contribution is 7.80. The Kier molecular flexibility index (Phi) is 5.55. The number of ether oxygens (including phenoxy) is 2. The van der Waals surface area contributed by atoms with Gasteiger partial charge in [0.15, 0.2) is 5.11 Å². The van der Waals surface area contributed by atoms with Crippen molar-refractivity contribution < 1.29 is 19.2 Å². The van der Waals surface area contributed by atoms with Crippen LogP contribution in [0.2, 0.25) is 0 Å². The molecule has 0 aliphatic carbocycles. The molecule has 0 unspecified atom stereocenters. The lowest BCUT2D eigenvalue weighted by Crippen LogP contribution is -2.25. The van der Waals surface area contributed by atoms with Gasteiger partial charge in [-0.15, -0.1) is 0 Å². The van der Waals surface area contributed by atoms with Gasteiger partial charge in [-0.05, 0) is 42.1 Å². The van der Waals surface area contributed by atoms with Gasteiger partial charge in [0.25, 0.3) is 11.6 Å². The summed E-state index contributed by atoms with van der Waals surface area (Å²) in [7, 11) is 3.14. The van der Waals surface area contributed by atoms with Crippen molar-refractivity contribution in [3.63, 3.8) is 0 Å². The Labute approximate surface area is 166 Å². The third kappa shape index (κ3) is 4.09. The number of benzene rings is 2. The number of non-ortho nitro benzene ring substituents is 1. The minimum Gasteiger partial charge on any atom is -0.496 e. The zero-order valence-electron chi connectivity index (χ0n) is 15.2. The largest absolute Gasteiger partial charge is 0.496 e. The predicted octanol–water partition coefficient (Wildman–Crippen LogP) is 2.87. The van der Waals surface area contributed by atoms with Gasteiger partial charge in [-0.1, -0.05) is 12.1 Å². The van der Waals surface area contributed by atoms with E-state index < -0.39 is 4.92 Å². The number of nitro benzene ring substituents is 1. The first-order valence-electron chi connectivity index (χ1n) is 8.24. The number of hydrogen-bond donors (Lipinski definition) is 1. The first-order valence-corrected chi connectivity index (χ1v) is 8.65. The number of rotatable bonds is 6. The summed E-state index contributed by atoms with van der Waals surface area (Å²) >= 11 is 5.07. The summed E-state index contributed by atoms with van der Waals surface area (Å²) in [5, 5.41) is 14.1. The van der Waals surface area contributed by atoms with Crippen molar-refractivity contribution in [1.29, 1.82) is 0 Å². The van der Waals surface area contributed by atoms with Crippen LogP contribution in [0.3, 0.4) is 0 Å². The Hall–Kier alpha value is -3.46. The highest BCUT2D eigenvalue weighted by Gasteiger charge is 2.26. The zero-order chi connectivity index (χ0) is 20.3. The lowest BCUT2D eigenvalue weighted by Gasteiger charge is -2.11. The molecule has 1 aliphatic rings. The Balaban J connectivity index is 1.82. The topological polar surface area (TPSA) is 93.9 Å². The van der Waals surface area contributed by atoms with E-state index in [1.165, 1.54) is 17.0 Å².